The summed E-state index contributed by atoms with van der Waals surface area (Å²) in [7, 11) is 0.518. The van der Waals surface area contributed by atoms with E-state index in [0.717, 1.165) is 11.1 Å². The summed E-state index contributed by atoms with van der Waals surface area (Å²) >= 11 is 0. The molecule has 1 aliphatic heterocycles. The number of aryl methyl sites for hydroxylation is 1. The lowest BCUT2D eigenvalue weighted by Gasteiger charge is -2.22. The first kappa shape index (κ1) is 26.0. The van der Waals surface area contributed by atoms with Gasteiger partial charge in [-0.2, -0.15) is 5.26 Å². The second-order valence-corrected chi connectivity index (χ2v) is 10.9. The number of fused-ring (bicyclic) bond motifs is 2. The number of hydrogen-bond donors (Lipinski definition) is 0. The number of aromatic nitrogens is 2. The number of para-hydroxylation sites is 3. The number of carbonyl (C=O) groups excluding carboxylic acids is 1. The highest BCUT2D eigenvalue weighted by molar-refractivity contribution is 7.93. The SMILES string of the molecule is COc1cc(/C=C/C(=O)C(C#N)c2nc3ccccc3n2C)cc(S(=O)(=O)N2CCc3ccccc32)c1OC. The number of nitriles is 1. The fourth-order valence-electron chi connectivity index (χ4n) is 4.86. The molecular formula is C29H26N4O5S. The zero-order valence-electron chi connectivity index (χ0n) is 21.7. The zero-order chi connectivity index (χ0) is 27.7. The Morgan fingerprint density at radius 3 is 2.56 bits per heavy atom. The predicted octanol–water partition coefficient (Wildman–Crippen LogP) is 4.23. The molecule has 0 aliphatic carbocycles. The van der Waals surface area contributed by atoms with Gasteiger partial charge < -0.3 is 14.0 Å². The lowest BCUT2D eigenvalue weighted by Crippen LogP contribution is -2.29. The van der Waals surface area contributed by atoms with Crippen molar-refractivity contribution in [1.29, 1.82) is 5.26 Å². The number of ether oxygens (including phenoxy) is 2. The summed E-state index contributed by atoms with van der Waals surface area (Å²) in [6.07, 6.45) is 3.32. The zero-order valence-corrected chi connectivity index (χ0v) is 22.5. The molecule has 9 nitrogen and oxygen atoms in total. The van der Waals surface area contributed by atoms with Crippen LogP contribution in [0, 0.1) is 11.3 Å². The fraction of sp³-hybridized carbons (Fsp3) is 0.207. The smallest absolute Gasteiger partial charge is 0.268 e. The number of rotatable bonds is 8. The van der Waals surface area contributed by atoms with Crippen molar-refractivity contribution in [1.82, 2.24) is 9.55 Å². The number of carbonyl (C=O) groups is 1. The third-order valence-electron chi connectivity index (χ3n) is 6.81. The summed E-state index contributed by atoms with van der Waals surface area (Å²) in [5.74, 6) is -1.02. The Bertz CT molecular complexity index is 1770. The van der Waals surface area contributed by atoms with Crippen LogP contribution in [0.3, 0.4) is 0 Å². The van der Waals surface area contributed by atoms with Crippen LogP contribution in [0.15, 0.2) is 71.6 Å². The Kier molecular flexibility index (Phi) is 6.85. The number of benzene rings is 3. The molecule has 0 saturated carbocycles. The Balaban J connectivity index is 1.52. The molecule has 4 aromatic rings. The van der Waals surface area contributed by atoms with Gasteiger partial charge in [0.1, 0.15) is 10.7 Å². The van der Waals surface area contributed by atoms with Crippen LogP contribution in [0.4, 0.5) is 5.69 Å². The molecule has 10 heteroatoms. The van der Waals surface area contributed by atoms with Crippen molar-refractivity contribution in [3.63, 3.8) is 0 Å². The molecular weight excluding hydrogens is 516 g/mol. The minimum absolute atomic E-state index is 0.0694. The normalized spacial score (nSPS) is 13.8. The Morgan fingerprint density at radius 1 is 1.10 bits per heavy atom. The molecule has 0 saturated heterocycles. The van der Waals surface area contributed by atoms with E-state index in [4.69, 9.17) is 9.47 Å². The molecule has 1 aliphatic rings. The van der Waals surface area contributed by atoms with Crippen molar-refractivity contribution < 1.29 is 22.7 Å². The summed E-state index contributed by atoms with van der Waals surface area (Å²) in [4.78, 5) is 17.5. The average molecular weight is 543 g/mol. The second kappa shape index (κ2) is 10.3. The summed E-state index contributed by atoms with van der Waals surface area (Å²) in [6.45, 7) is 0.299. The number of imidazole rings is 1. The highest BCUT2D eigenvalue weighted by Gasteiger charge is 2.34. The van der Waals surface area contributed by atoms with Crippen LogP contribution in [0.25, 0.3) is 17.1 Å². The van der Waals surface area contributed by atoms with Gasteiger partial charge in [0.25, 0.3) is 10.0 Å². The molecule has 0 radical (unpaired) electrons. The van der Waals surface area contributed by atoms with Crippen molar-refractivity contribution in [3.05, 3.63) is 83.7 Å². The van der Waals surface area contributed by atoms with Crippen molar-refractivity contribution in [2.24, 2.45) is 7.05 Å². The van der Waals surface area contributed by atoms with Crippen LogP contribution < -0.4 is 13.8 Å². The second-order valence-electron chi connectivity index (χ2n) is 9.03. The number of allylic oxidation sites excluding steroid dienone is 1. The molecule has 39 heavy (non-hydrogen) atoms. The molecule has 0 bridgehead atoms. The van der Waals surface area contributed by atoms with Crippen molar-refractivity contribution in [2.75, 3.05) is 25.1 Å². The summed E-state index contributed by atoms with van der Waals surface area (Å²) in [5, 5.41) is 9.82. The average Bonchev–Trinajstić information content (AvgIpc) is 3.54. The van der Waals surface area contributed by atoms with Gasteiger partial charge in [-0.1, -0.05) is 36.4 Å². The lowest BCUT2D eigenvalue weighted by molar-refractivity contribution is -0.115. The van der Waals surface area contributed by atoms with Gasteiger partial charge >= 0.3 is 0 Å². The van der Waals surface area contributed by atoms with Gasteiger partial charge in [-0.15, -0.1) is 0 Å². The van der Waals surface area contributed by atoms with Gasteiger partial charge in [-0.05, 0) is 54.0 Å². The number of anilines is 1. The van der Waals surface area contributed by atoms with Crippen LogP contribution >= 0.6 is 0 Å². The minimum atomic E-state index is -4.03. The molecule has 0 spiro atoms. The molecule has 1 aromatic heterocycles. The predicted molar refractivity (Wildman–Crippen MR) is 147 cm³/mol. The van der Waals surface area contributed by atoms with E-state index in [-0.39, 0.29) is 16.4 Å². The number of ketones is 1. The van der Waals surface area contributed by atoms with E-state index in [1.807, 2.05) is 42.5 Å². The molecule has 198 valence electrons. The summed E-state index contributed by atoms with van der Waals surface area (Å²) in [6, 6.07) is 19.8. The molecule has 5 rings (SSSR count). The largest absolute Gasteiger partial charge is 0.493 e. The van der Waals surface area contributed by atoms with Gasteiger partial charge in [0, 0.05) is 13.6 Å². The van der Waals surface area contributed by atoms with Crippen LogP contribution in [0.5, 0.6) is 11.5 Å². The van der Waals surface area contributed by atoms with Crippen molar-refractivity contribution in [3.8, 4) is 17.6 Å². The van der Waals surface area contributed by atoms with Crippen molar-refractivity contribution >= 4 is 38.6 Å². The number of hydrogen-bond acceptors (Lipinski definition) is 7. The number of sulfonamides is 1. The van der Waals surface area contributed by atoms with E-state index < -0.39 is 21.7 Å². The van der Waals surface area contributed by atoms with Crippen LogP contribution in [-0.4, -0.2) is 44.5 Å². The maximum absolute atomic E-state index is 13.8. The van der Waals surface area contributed by atoms with Crippen LogP contribution in [-0.2, 0) is 28.3 Å². The maximum Gasteiger partial charge on any atom is 0.268 e. The number of methoxy groups -OCH3 is 2. The molecule has 2 heterocycles. The molecule has 0 N–H and O–H groups in total. The van der Waals surface area contributed by atoms with Crippen LogP contribution in [0.2, 0.25) is 0 Å². The lowest BCUT2D eigenvalue weighted by atomic mass is 10.0. The molecule has 1 atom stereocenters. The number of nitrogens with zero attached hydrogens (tertiary/aromatic N) is 4. The minimum Gasteiger partial charge on any atom is -0.493 e. The summed E-state index contributed by atoms with van der Waals surface area (Å²) < 4.78 is 41.7. The third-order valence-corrected chi connectivity index (χ3v) is 8.63. The van der Waals surface area contributed by atoms with E-state index in [1.54, 1.807) is 29.8 Å². The van der Waals surface area contributed by atoms with E-state index >= 15 is 0 Å². The molecule has 0 amide bonds. The highest BCUT2D eigenvalue weighted by atomic mass is 32.2. The van der Waals surface area contributed by atoms with E-state index in [9.17, 15) is 18.5 Å². The topological polar surface area (TPSA) is 115 Å². The van der Waals surface area contributed by atoms with Gasteiger partial charge in [-0.3, -0.25) is 9.10 Å². The monoisotopic (exact) mass is 542 g/mol. The quantitative estimate of drug-likeness (QED) is 0.306. The molecule has 0 fully saturated rings. The Morgan fingerprint density at radius 2 is 1.85 bits per heavy atom. The van der Waals surface area contributed by atoms with Crippen molar-refractivity contribution in [2.45, 2.75) is 17.2 Å². The Hall–Kier alpha value is -4.62. The molecule has 1 unspecified atom stereocenters. The standard InChI is InChI=1S/C29H26N4O5S/c1-32-24-11-7-5-9-22(24)31-29(32)21(18-30)25(34)13-12-19-16-26(37-2)28(38-3)27(17-19)39(35,36)33-15-14-20-8-4-6-10-23(20)33/h4-13,16-17,21H,14-15H2,1-3H3/b13-12+. The van der Waals surface area contributed by atoms with E-state index in [2.05, 4.69) is 4.98 Å². The first-order valence-electron chi connectivity index (χ1n) is 12.2. The highest BCUT2D eigenvalue weighted by Crippen LogP contribution is 2.40. The van der Waals surface area contributed by atoms with Gasteiger partial charge in [-0.25, -0.2) is 13.4 Å². The van der Waals surface area contributed by atoms with E-state index in [1.165, 1.54) is 36.7 Å². The van der Waals surface area contributed by atoms with Crippen LogP contribution in [0.1, 0.15) is 22.9 Å². The van der Waals surface area contributed by atoms with Gasteiger partial charge in [0.15, 0.2) is 23.2 Å². The first-order valence-corrected chi connectivity index (χ1v) is 13.6. The third kappa shape index (κ3) is 4.51. The summed E-state index contributed by atoms with van der Waals surface area (Å²) in [5.41, 5.74) is 3.45. The van der Waals surface area contributed by atoms with Gasteiger partial charge in [0.05, 0.1) is 37.0 Å². The fourth-order valence-corrected chi connectivity index (χ4v) is 6.57. The maximum atomic E-state index is 13.8. The molecule has 3 aromatic carbocycles. The Labute approximate surface area is 226 Å². The van der Waals surface area contributed by atoms with E-state index in [0.29, 0.717) is 35.6 Å². The first-order chi connectivity index (χ1) is 18.8. The van der Waals surface area contributed by atoms with Gasteiger partial charge in [0.2, 0.25) is 0 Å².